The summed E-state index contributed by atoms with van der Waals surface area (Å²) < 4.78 is 5.20. The van der Waals surface area contributed by atoms with Crippen LogP contribution in [0.2, 0.25) is 0 Å². The van der Waals surface area contributed by atoms with Crippen LogP contribution in [-0.2, 0) is 9.53 Å². The van der Waals surface area contributed by atoms with E-state index >= 15 is 0 Å². The molecule has 0 aromatic carbocycles. The maximum atomic E-state index is 11.9. The van der Waals surface area contributed by atoms with Crippen LogP contribution in [0.4, 0.5) is 0 Å². The van der Waals surface area contributed by atoms with E-state index in [0.717, 1.165) is 6.54 Å². The van der Waals surface area contributed by atoms with E-state index in [1.54, 1.807) is 0 Å². The Balaban J connectivity index is 2.30. The van der Waals surface area contributed by atoms with Gasteiger partial charge in [0.1, 0.15) is 0 Å². The summed E-state index contributed by atoms with van der Waals surface area (Å²) >= 11 is 0. The lowest BCUT2D eigenvalue weighted by Crippen LogP contribution is -2.49. The second-order valence-electron chi connectivity index (χ2n) is 3.64. The van der Waals surface area contributed by atoms with E-state index in [2.05, 4.69) is 5.32 Å². The summed E-state index contributed by atoms with van der Waals surface area (Å²) in [5.74, 6) is 0.169. The Bertz CT molecular complexity index is 223. The molecule has 4 nitrogen and oxygen atoms in total. The Morgan fingerprint density at radius 3 is 2.80 bits per heavy atom. The van der Waals surface area contributed by atoms with E-state index < -0.39 is 0 Å². The first-order valence-corrected chi connectivity index (χ1v) is 5.46. The molecule has 1 unspecified atom stereocenters. The van der Waals surface area contributed by atoms with Crippen molar-refractivity contribution >= 4 is 5.91 Å². The molecule has 15 heavy (non-hydrogen) atoms. The molecule has 0 spiro atoms. The number of carbonyl (C=O) groups excluding carboxylic acids is 1. The average Bonchev–Trinajstić information content (AvgIpc) is 2.29. The molecule has 1 saturated heterocycles. The molecule has 0 bridgehead atoms. The van der Waals surface area contributed by atoms with Crippen molar-refractivity contribution in [2.75, 3.05) is 32.8 Å². The molecule has 0 saturated carbocycles. The van der Waals surface area contributed by atoms with Gasteiger partial charge in [0.25, 0.3) is 0 Å². The molecule has 4 heteroatoms. The zero-order valence-electron chi connectivity index (χ0n) is 9.53. The van der Waals surface area contributed by atoms with Crippen LogP contribution in [0, 0.1) is 0 Å². The Hall–Kier alpha value is -0.870. The van der Waals surface area contributed by atoms with Gasteiger partial charge < -0.3 is 15.0 Å². The van der Waals surface area contributed by atoms with Crippen LogP contribution >= 0.6 is 0 Å². The second-order valence-corrected chi connectivity index (χ2v) is 3.64. The Morgan fingerprint density at radius 2 is 2.20 bits per heavy atom. The van der Waals surface area contributed by atoms with Gasteiger partial charge in [-0.3, -0.25) is 4.79 Å². The summed E-state index contributed by atoms with van der Waals surface area (Å²) in [6.07, 6.45) is 3.97. The Morgan fingerprint density at radius 1 is 1.53 bits per heavy atom. The van der Waals surface area contributed by atoms with Crippen LogP contribution in [0.25, 0.3) is 0 Å². The number of ether oxygens (including phenoxy) is 1. The molecule has 0 aromatic rings. The van der Waals surface area contributed by atoms with Gasteiger partial charge in [-0.1, -0.05) is 12.2 Å². The third-order valence-corrected chi connectivity index (χ3v) is 2.47. The molecule has 1 heterocycles. The smallest absolute Gasteiger partial charge is 0.239 e. The van der Waals surface area contributed by atoms with Crippen molar-refractivity contribution in [1.29, 1.82) is 0 Å². The molecule has 1 N–H and O–H groups in total. The highest BCUT2D eigenvalue weighted by Gasteiger charge is 2.21. The molecular weight excluding hydrogens is 192 g/mol. The number of hydrogen-bond acceptors (Lipinski definition) is 3. The van der Waals surface area contributed by atoms with Crippen molar-refractivity contribution in [2.24, 2.45) is 0 Å². The topological polar surface area (TPSA) is 41.6 Å². The third kappa shape index (κ3) is 4.01. The van der Waals surface area contributed by atoms with Gasteiger partial charge in [-0.05, 0) is 13.8 Å². The molecule has 1 aliphatic rings. The Labute approximate surface area is 91.3 Å². The normalized spacial score (nSPS) is 19.5. The predicted molar refractivity (Wildman–Crippen MR) is 59.7 cm³/mol. The molecule has 0 aromatic heterocycles. The predicted octanol–water partition coefficient (Wildman–Crippen LogP) is 0.399. The number of rotatable bonds is 4. The molecule has 0 aliphatic carbocycles. The summed E-state index contributed by atoms with van der Waals surface area (Å²) in [5, 5.41) is 3.16. The van der Waals surface area contributed by atoms with Crippen LogP contribution in [-0.4, -0.2) is 49.7 Å². The standard InChI is InChI=1S/C11H20N2O2/c1-3-4-5-12-10(2)11(14)13-6-8-15-9-7-13/h3-4,10,12H,5-9H2,1-2H3/b4-3+. The first kappa shape index (κ1) is 12.2. The summed E-state index contributed by atoms with van der Waals surface area (Å²) in [4.78, 5) is 13.7. The fraction of sp³-hybridized carbons (Fsp3) is 0.727. The van der Waals surface area contributed by atoms with E-state index in [-0.39, 0.29) is 11.9 Å². The summed E-state index contributed by atoms with van der Waals surface area (Å²) in [6, 6.07) is -0.112. The molecule has 1 rings (SSSR count). The molecule has 0 radical (unpaired) electrons. The SMILES string of the molecule is C/C=C/CNC(C)C(=O)N1CCOCC1. The number of allylic oxidation sites excluding steroid dienone is 1. The molecule has 1 amide bonds. The number of nitrogens with one attached hydrogen (secondary N) is 1. The van der Waals surface area contributed by atoms with E-state index in [0.29, 0.717) is 26.3 Å². The van der Waals surface area contributed by atoms with Crippen molar-refractivity contribution in [3.05, 3.63) is 12.2 Å². The number of hydrogen-bond donors (Lipinski definition) is 1. The van der Waals surface area contributed by atoms with Gasteiger partial charge in [0.15, 0.2) is 0 Å². The number of nitrogens with zero attached hydrogens (tertiary/aromatic N) is 1. The number of carbonyl (C=O) groups is 1. The minimum atomic E-state index is -0.112. The van der Waals surface area contributed by atoms with Crippen molar-refractivity contribution in [3.63, 3.8) is 0 Å². The third-order valence-electron chi connectivity index (χ3n) is 2.47. The molecular formula is C11H20N2O2. The second kappa shape index (κ2) is 6.58. The average molecular weight is 212 g/mol. The first-order valence-electron chi connectivity index (χ1n) is 5.46. The van der Waals surface area contributed by atoms with Gasteiger partial charge in [-0.25, -0.2) is 0 Å². The largest absolute Gasteiger partial charge is 0.378 e. The van der Waals surface area contributed by atoms with Crippen LogP contribution < -0.4 is 5.32 Å². The van der Waals surface area contributed by atoms with Gasteiger partial charge in [0.2, 0.25) is 5.91 Å². The summed E-state index contributed by atoms with van der Waals surface area (Å²) in [5.41, 5.74) is 0. The number of amides is 1. The van der Waals surface area contributed by atoms with Gasteiger partial charge >= 0.3 is 0 Å². The zero-order chi connectivity index (χ0) is 11.1. The fourth-order valence-electron chi connectivity index (χ4n) is 1.51. The fourth-order valence-corrected chi connectivity index (χ4v) is 1.51. The van der Waals surface area contributed by atoms with E-state index in [4.69, 9.17) is 4.74 Å². The van der Waals surface area contributed by atoms with E-state index in [1.807, 2.05) is 30.9 Å². The van der Waals surface area contributed by atoms with Gasteiger partial charge in [-0.15, -0.1) is 0 Å². The highest BCUT2D eigenvalue weighted by atomic mass is 16.5. The summed E-state index contributed by atoms with van der Waals surface area (Å²) in [7, 11) is 0. The minimum absolute atomic E-state index is 0.112. The van der Waals surface area contributed by atoms with Gasteiger partial charge in [0.05, 0.1) is 19.3 Å². The molecule has 86 valence electrons. The van der Waals surface area contributed by atoms with Crippen LogP contribution in [0.5, 0.6) is 0 Å². The first-order chi connectivity index (χ1) is 7.25. The minimum Gasteiger partial charge on any atom is -0.378 e. The lowest BCUT2D eigenvalue weighted by atomic mass is 10.2. The monoisotopic (exact) mass is 212 g/mol. The van der Waals surface area contributed by atoms with Crippen LogP contribution in [0.15, 0.2) is 12.2 Å². The lowest BCUT2D eigenvalue weighted by Gasteiger charge is -2.29. The summed E-state index contributed by atoms with van der Waals surface area (Å²) in [6.45, 7) is 7.37. The van der Waals surface area contributed by atoms with Crippen LogP contribution in [0.3, 0.4) is 0 Å². The maximum Gasteiger partial charge on any atom is 0.239 e. The maximum absolute atomic E-state index is 11.9. The Kier molecular flexibility index (Phi) is 5.36. The lowest BCUT2D eigenvalue weighted by molar-refractivity contribution is -0.137. The van der Waals surface area contributed by atoms with Crippen molar-refractivity contribution in [2.45, 2.75) is 19.9 Å². The molecule has 1 fully saturated rings. The number of morpholine rings is 1. The van der Waals surface area contributed by atoms with E-state index in [1.165, 1.54) is 0 Å². The van der Waals surface area contributed by atoms with Crippen molar-refractivity contribution in [1.82, 2.24) is 10.2 Å². The molecule has 1 atom stereocenters. The van der Waals surface area contributed by atoms with E-state index in [9.17, 15) is 4.79 Å². The highest BCUT2D eigenvalue weighted by Crippen LogP contribution is 2.00. The van der Waals surface area contributed by atoms with Crippen LogP contribution in [0.1, 0.15) is 13.8 Å². The van der Waals surface area contributed by atoms with Crippen molar-refractivity contribution in [3.8, 4) is 0 Å². The van der Waals surface area contributed by atoms with Gasteiger partial charge in [-0.2, -0.15) is 0 Å². The highest BCUT2D eigenvalue weighted by molar-refractivity contribution is 5.81. The molecule has 1 aliphatic heterocycles. The van der Waals surface area contributed by atoms with Gasteiger partial charge in [0, 0.05) is 19.6 Å². The quantitative estimate of drug-likeness (QED) is 0.686. The van der Waals surface area contributed by atoms with Crippen molar-refractivity contribution < 1.29 is 9.53 Å². The zero-order valence-corrected chi connectivity index (χ0v) is 9.53.